The Morgan fingerprint density at radius 3 is 2.50 bits per heavy atom. The molecule has 1 aliphatic heterocycles. The van der Waals surface area contributed by atoms with Crippen LogP contribution < -0.4 is 0 Å². The van der Waals surface area contributed by atoms with Crippen LogP contribution in [0.3, 0.4) is 0 Å². The van der Waals surface area contributed by atoms with Crippen molar-refractivity contribution in [2.45, 2.75) is 24.9 Å². The summed E-state index contributed by atoms with van der Waals surface area (Å²) in [6.07, 6.45) is 2.42. The highest BCUT2D eigenvalue weighted by Crippen LogP contribution is 2.24. The Hall–Kier alpha value is 0.400. The van der Waals surface area contributed by atoms with E-state index in [4.69, 9.17) is 4.74 Å². The number of alkyl halides is 1. The standard InChI is InChI=1S/C7H13BrO2/c8-4-1-7(9)2-5-10-6-3-7/h9H,1-6H2. The van der Waals surface area contributed by atoms with Crippen molar-refractivity contribution in [2.24, 2.45) is 0 Å². The maximum Gasteiger partial charge on any atom is 0.0699 e. The van der Waals surface area contributed by atoms with Gasteiger partial charge in [0.05, 0.1) is 5.60 Å². The van der Waals surface area contributed by atoms with Gasteiger partial charge in [0, 0.05) is 18.5 Å². The largest absolute Gasteiger partial charge is 0.390 e. The molecule has 1 heterocycles. The lowest BCUT2D eigenvalue weighted by molar-refractivity contribution is -0.0642. The molecule has 1 saturated heterocycles. The van der Waals surface area contributed by atoms with Crippen molar-refractivity contribution >= 4 is 15.9 Å². The van der Waals surface area contributed by atoms with Crippen LogP contribution in [0.5, 0.6) is 0 Å². The van der Waals surface area contributed by atoms with E-state index < -0.39 is 5.60 Å². The quantitative estimate of drug-likeness (QED) is 0.695. The molecule has 0 radical (unpaired) electrons. The van der Waals surface area contributed by atoms with Gasteiger partial charge in [-0.25, -0.2) is 0 Å². The second-order valence-corrected chi connectivity index (χ2v) is 3.57. The average molecular weight is 209 g/mol. The third-order valence-corrected chi connectivity index (χ3v) is 2.38. The summed E-state index contributed by atoms with van der Waals surface area (Å²) in [5.41, 5.74) is -0.443. The Balaban J connectivity index is 2.32. The zero-order valence-corrected chi connectivity index (χ0v) is 7.56. The summed E-state index contributed by atoms with van der Waals surface area (Å²) in [6.45, 7) is 1.42. The Morgan fingerprint density at radius 2 is 2.00 bits per heavy atom. The number of halogens is 1. The van der Waals surface area contributed by atoms with Gasteiger partial charge in [-0.2, -0.15) is 0 Å². The van der Waals surface area contributed by atoms with Gasteiger partial charge in [0.2, 0.25) is 0 Å². The van der Waals surface area contributed by atoms with Crippen molar-refractivity contribution < 1.29 is 9.84 Å². The van der Waals surface area contributed by atoms with E-state index in [1.165, 1.54) is 0 Å². The molecule has 0 aromatic carbocycles. The number of hydrogen-bond donors (Lipinski definition) is 1. The number of aliphatic hydroxyl groups is 1. The minimum atomic E-state index is -0.443. The summed E-state index contributed by atoms with van der Waals surface area (Å²) in [6, 6.07) is 0. The van der Waals surface area contributed by atoms with Gasteiger partial charge in [-0.05, 0) is 19.3 Å². The molecule has 0 bridgehead atoms. The molecule has 0 aliphatic carbocycles. The second-order valence-electron chi connectivity index (χ2n) is 2.78. The topological polar surface area (TPSA) is 29.5 Å². The predicted molar refractivity (Wildman–Crippen MR) is 43.4 cm³/mol. The van der Waals surface area contributed by atoms with Gasteiger partial charge < -0.3 is 9.84 Å². The summed E-state index contributed by atoms with van der Waals surface area (Å²) < 4.78 is 5.14. The fraction of sp³-hybridized carbons (Fsp3) is 1.00. The van der Waals surface area contributed by atoms with E-state index in [1.54, 1.807) is 0 Å². The molecule has 1 N–H and O–H groups in total. The smallest absolute Gasteiger partial charge is 0.0699 e. The normalized spacial score (nSPS) is 24.6. The summed E-state index contributed by atoms with van der Waals surface area (Å²) in [5, 5.41) is 10.6. The number of ether oxygens (including phenoxy) is 1. The predicted octanol–water partition coefficient (Wildman–Crippen LogP) is 1.31. The molecule has 2 nitrogen and oxygen atoms in total. The highest BCUT2D eigenvalue weighted by atomic mass is 79.9. The zero-order chi connectivity index (χ0) is 7.45. The molecule has 0 aromatic rings. The molecule has 0 aromatic heterocycles. The monoisotopic (exact) mass is 208 g/mol. The fourth-order valence-electron chi connectivity index (χ4n) is 1.18. The van der Waals surface area contributed by atoms with Crippen molar-refractivity contribution in [3.05, 3.63) is 0 Å². The van der Waals surface area contributed by atoms with Crippen LogP contribution in [0.1, 0.15) is 19.3 Å². The SMILES string of the molecule is OC1(CCBr)CCOCC1. The van der Waals surface area contributed by atoms with E-state index in [0.29, 0.717) is 13.2 Å². The van der Waals surface area contributed by atoms with E-state index in [9.17, 15) is 5.11 Å². The number of hydrogen-bond acceptors (Lipinski definition) is 2. The van der Waals surface area contributed by atoms with Crippen LogP contribution in [0.15, 0.2) is 0 Å². The molecule has 10 heavy (non-hydrogen) atoms. The molecule has 0 amide bonds. The van der Waals surface area contributed by atoms with Crippen LogP contribution in [0.4, 0.5) is 0 Å². The van der Waals surface area contributed by atoms with Crippen molar-refractivity contribution in [3.8, 4) is 0 Å². The van der Waals surface area contributed by atoms with Gasteiger partial charge >= 0.3 is 0 Å². The Kier molecular flexibility index (Phi) is 3.14. The van der Waals surface area contributed by atoms with Crippen LogP contribution in [0.25, 0.3) is 0 Å². The van der Waals surface area contributed by atoms with Crippen LogP contribution in [0.2, 0.25) is 0 Å². The molecular weight excluding hydrogens is 196 g/mol. The second kappa shape index (κ2) is 3.69. The van der Waals surface area contributed by atoms with Crippen LogP contribution >= 0.6 is 15.9 Å². The zero-order valence-electron chi connectivity index (χ0n) is 5.98. The van der Waals surface area contributed by atoms with E-state index in [2.05, 4.69) is 15.9 Å². The Bertz CT molecular complexity index is 94.3. The lowest BCUT2D eigenvalue weighted by Gasteiger charge is -2.31. The van der Waals surface area contributed by atoms with Crippen LogP contribution in [-0.2, 0) is 4.74 Å². The molecule has 3 heteroatoms. The first-order valence-corrected chi connectivity index (χ1v) is 4.75. The first kappa shape index (κ1) is 8.50. The van der Waals surface area contributed by atoms with Crippen molar-refractivity contribution in [2.75, 3.05) is 18.5 Å². The summed E-state index contributed by atoms with van der Waals surface area (Å²) in [5.74, 6) is 0. The van der Waals surface area contributed by atoms with Gasteiger partial charge in [-0.1, -0.05) is 15.9 Å². The molecule has 0 saturated carbocycles. The summed E-state index contributed by atoms with van der Waals surface area (Å²) in [7, 11) is 0. The highest BCUT2D eigenvalue weighted by Gasteiger charge is 2.28. The van der Waals surface area contributed by atoms with Gasteiger partial charge in [-0.15, -0.1) is 0 Å². The third kappa shape index (κ3) is 2.22. The minimum absolute atomic E-state index is 0.443. The maximum atomic E-state index is 9.76. The molecule has 0 spiro atoms. The Labute approximate surface area is 69.7 Å². The maximum absolute atomic E-state index is 9.76. The van der Waals surface area contributed by atoms with E-state index in [-0.39, 0.29) is 0 Å². The van der Waals surface area contributed by atoms with Crippen LogP contribution in [-0.4, -0.2) is 29.3 Å². The van der Waals surface area contributed by atoms with Gasteiger partial charge in [0.25, 0.3) is 0 Å². The first-order valence-electron chi connectivity index (χ1n) is 3.63. The molecule has 1 aliphatic rings. The summed E-state index contributed by atoms with van der Waals surface area (Å²) in [4.78, 5) is 0. The van der Waals surface area contributed by atoms with E-state index >= 15 is 0 Å². The van der Waals surface area contributed by atoms with Crippen LogP contribution in [0, 0.1) is 0 Å². The van der Waals surface area contributed by atoms with Crippen molar-refractivity contribution in [1.29, 1.82) is 0 Å². The van der Waals surface area contributed by atoms with Gasteiger partial charge in [0.1, 0.15) is 0 Å². The summed E-state index contributed by atoms with van der Waals surface area (Å²) >= 11 is 3.32. The van der Waals surface area contributed by atoms with Gasteiger partial charge in [-0.3, -0.25) is 0 Å². The lowest BCUT2D eigenvalue weighted by atomic mass is 9.92. The van der Waals surface area contributed by atoms with Crippen molar-refractivity contribution in [1.82, 2.24) is 0 Å². The molecule has 0 atom stereocenters. The lowest BCUT2D eigenvalue weighted by Crippen LogP contribution is -2.36. The van der Waals surface area contributed by atoms with E-state index in [1.807, 2.05) is 0 Å². The molecular formula is C7H13BrO2. The van der Waals surface area contributed by atoms with Crippen molar-refractivity contribution in [3.63, 3.8) is 0 Å². The minimum Gasteiger partial charge on any atom is -0.390 e. The average Bonchev–Trinajstić information content (AvgIpc) is 1.89. The number of rotatable bonds is 2. The first-order chi connectivity index (χ1) is 4.77. The fourth-order valence-corrected chi connectivity index (χ4v) is 1.92. The Morgan fingerprint density at radius 1 is 1.40 bits per heavy atom. The third-order valence-electron chi connectivity index (χ3n) is 1.98. The molecule has 60 valence electrons. The molecule has 1 rings (SSSR count). The molecule has 0 unspecified atom stereocenters. The highest BCUT2D eigenvalue weighted by molar-refractivity contribution is 9.09. The molecule has 1 fully saturated rings. The van der Waals surface area contributed by atoms with Gasteiger partial charge in [0.15, 0.2) is 0 Å². The van der Waals surface area contributed by atoms with E-state index in [0.717, 1.165) is 24.6 Å².